The number of methoxy groups -OCH3 is 1. The molecule has 4 unspecified atom stereocenters. The van der Waals surface area contributed by atoms with Gasteiger partial charge in [0.2, 0.25) is 5.88 Å². The van der Waals surface area contributed by atoms with E-state index in [0.29, 0.717) is 30.1 Å². The number of hydrogen-bond acceptors (Lipinski definition) is 9. The van der Waals surface area contributed by atoms with Crippen molar-refractivity contribution in [3.05, 3.63) is 66.2 Å². The third kappa shape index (κ3) is 5.04. The van der Waals surface area contributed by atoms with Gasteiger partial charge in [0.05, 0.1) is 37.2 Å². The number of fused-ring (bicyclic) bond motifs is 4. The highest BCUT2D eigenvalue weighted by atomic mass is 16.5. The van der Waals surface area contributed by atoms with Crippen LogP contribution in [0.3, 0.4) is 0 Å². The van der Waals surface area contributed by atoms with E-state index in [9.17, 15) is 5.26 Å². The van der Waals surface area contributed by atoms with Gasteiger partial charge in [-0.2, -0.15) is 10.4 Å². The molecule has 0 aromatic carbocycles. The number of hydrogen-bond donors (Lipinski definition) is 1. The Kier molecular flexibility index (Phi) is 7.07. The lowest BCUT2D eigenvalue weighted by molar-refractivity contribution is -0.00876. The highest BCUT2D eigenvalue weighted by Gasteiger charge is 2.44. The van der Waals surface area contributed by atoms with Gasteiger partial charge in [-0.25, -0.2) is 14.5 Å². The summed E-state index contributed by atoms with van der Waals surface area (Å²) >= 11 is 0. The molecule has 10 nitrogen and oxygen atoms in total. The minimum absolute atomic E-state index is 0.510. The Bertz CT molecular complexity index is 1660. The SMILES string of the molecule is COc1ccc(CN2C3CC2CN(c2ccc(-c4cc(OCCC5CC6CNCC6C5)cn5ncc(C#N)c45)cn2)C3)cn1. The van der Waals surface area contributed by atoms with Crippen LogP contribution in [-0.4, -0.2) is 76.5 Å². The summed E-state index contributed by atoms with van der Waals surface area (Å²) < 4.78 is 13.3. The van der Waals surface area contributed by atoms with Gasteiger partial charge in [-0.1, -0.05) is 6.07 Å². The van der Waals surface area contributed by atoms with Crippen LogP contribution >= 0.6 is 0 Å². The fourth-order valence-electron chi connectivity index (χ4n) is 8.05. The molecule has 9 rings (SSSR count). The Morgan fingerprint density at radius 1 is 1.00 bits per heavy atom. The number of rotatable bonds is 9. The maximum Gasteiger partial charge on any atom is 0.212 e. The van der Waals surface area contributed by atoms with Crippen molar-refractivity contribution in [2.45, 2.75) is 44.3 Å². The molecule has 4 aromatic heterocycles. The summed E-state index contributed by atoms with van der Waals surface area (Å²) in [7, 11) is 1.64. The Hall–Kier alpha value is -4.20. The van der Waals surface area contributed by atoms with Crippen molar-refractivity contribution < 1.29 is 9.47 Å². The number of aromatic nitrogens is 4. The van der Waals surface area contributed by atoms with Gasteiger partial charge in [0.1, 0.15) is 17.6 Å². The zero-order valence-electron chi connectivity index (χ0n) is 25.1. The third-order valence-corrected chi connectivity index (χ3v) is 10.4. The highest BCUT2D eigenvalue weighted by molar-refractivity contribution is 5.85. The number of pyridine rings is 3. The second-order valence-corrected chi connectivity index (χ2v) is 12.9. The van der Waals surface area contributed by atoms with Crippen LogP contribution in [0.1, 0.15) is 36.8 Å². The highest BCUT2D eigenvalue weighted by Crippen LogP contribution is 2.40. The van der Waals surface area contributed by atoms with Crippen molar-refractivity contribution in [2.24, 2.45) is 17.8 Å². The molecule has 4 saturated heterocycles. The molecular formula is C34H38N8O2. The topological polar surface area (TPSA) is 104 Å². The normalized spacial score (nSPS) is 25.9. The van der Waals surface area contributed by atoms with E-state index >= 15 is 0 Å². The van der Waals surface area contributed by atoms with Gasteiger partial charge in [-0.05, 0) is 80.3 Å². The predicted molar refractivity (Wildman–Crippen MR) is 167 cm³/mol. The summed E-state index contributed by atoms with van der Waals surface area (Å²) in [5.74, 6) is 4.84. The van der Waals surface area contributed by atoms with Crippen LogP contribution < -0.4 is 19.7 Å². The molecule has 2 bridgehead atoms. The third-order valence-electron chi connectivity index (χ3n) is 10.4. The van der Waals surface area contributed by atoms with Gasteiger partial charge in [0.15, 0.2) is 0 Å². The number of anilines is 1. The molecule has 44 heavy (non-hydrogen) atoms. The average Bonchev–Trinajstić information content (AvgIpc) is 3.79. The molecular weight excluding hydrogens is 552 g/mol. The molecule has 5 aliphatic rings. The first-order valence-corrected chi connectivity index (χ1v) is 15.9. The Labute approximate surface area is 257 Å². The smallest absolute Gasteiger partial charge is 0.212 e. The number of ether oxygens (including phenoxy) is 2. The minimum atomic E-state index is 0.510. The maximum atomic E-state index is 9.80. The van der Waals surface area contributed by atoms with E-state index in [1.807, 2.05) is 30.7 Å². The van der Waals surface area contributed by atoms with E-state index in [1.54, 1.807) is 17.8 Å². The van der Waals surface area contributed by atoms with Gasteiger partial charge in [-0.15, -0.1) is 0 Å². The van der Waals surface area contributed by atoms with Crippen LogP contribution in [0, 0.1) is 29.1 Å². The van der Waals surface area contributed by atoms with E-state index in [4.69, 9.17) is 14.5 Å². The molecule has 1 N–H and O–H groups in total. The van der Waals surface area contributed by atoms with Gasteiger partial charge < -0.3 is 19.7 Å². The molecule has 1 aliphatic carbocycles. The quantitative estimate of drug-likeness (QED) is 0.308. The lowest BCUT2D eigenvalue weighted by Gasteiger charge is -2.56. The molecule has 1 saturated carbocycles. The van der Waals surface area contributed by atoms with Crippen molar-refractivity contribution in [2.75, 3.05) is 44.8 Å². The first kappa shape index (κ1) is 27.4. The van der Waals surface area contributed by atoms with Crippen molar-refractivity contribution in [1.29, 1.82) is 5.26 Å². The number of piperazine rings is 1. The van der Waals surface area contributed by atoms with E-state index in [2.05, 4.69) is 49.5 Å². The van der Waals surface area contributed by atoms with E-state index in [0.717, 1.165) is 72.0 Å². The predicted octanol–water partition coefficient (Wildman–Crippen LogP) is 4.15. The summed E-state index contributed by atoms with van der Waals surface area (Å²) in [5, 5.41) is 17.8. The number of nitriles is 1. The fraction of sp³-hybridized carbons (Fsp3) is 0.471. The van der Waals surface area contributed by atoms with Crippen LogP contribution in [0.25, 0.3) is 16.6 Å². The number of piperidine rings is 1. The summed E-state index contributed by atoms with van der Waals surface area (Å²) in [6.45, 7) is 5.87. The Morgan fingerprint density at radius 2 is 1.84 bits per heavy atom. The zero-order valence-corrected chi connectivity index (χ0v) is 25.1. The maximum absolute atomic E-state index is 9.80. The molecule has 5 fully saturated rings. The first-order chi connectivity index (χ1) is 21.6. The fourth-order valence-corrected chi connectivity index (χ4v) is 8.05. The largest absolute Gasteiger partial charge is 0.492 e. The summed E-state index contributed by atoms with van der Waals surface area (Å²) in [6, 6.07) is 13.6. The van der Waals surface area contributed by atoms with Crippen molar-refractivity contribution >= 4 is 11.3 Å². The van der Waals surface area contributed by atoms with Crippen LogP contribution in [0.15, 0.2) is 55.1 Å². The molecule has 8 heterocycles. The zero-order chi connectivity index (χ0) is 29.6. The van der Waals surface area contributed by atoms with Crippen LogP contribution in [0.2, 0.25) is 0 Å². The molecule has 0 spiro atoms. The number of nitrogens with zero attached hydrogens (tertiary/aromatic N) is 7. The first-order valence-electron chi connectivity index (χ1n) is 15.9. The van der Waals surface area contributed by atoms with Gasteiger partial charge in [0.25, 0.3) is 0 Å². The van der Waals surface area contributed by atoms with Gasteiger partial charge >= 0.3 is 0 Å². The lowest BCUT2D eigenvalue weighted by Crippen LogP contribution is -2.68. The second kappa shape index (κ2) is 11.4. The van der Waals surface area contributed by atoms with Crippen molar-refractivity contribution in [1.82, 2.24) is 29.8 Å². The van der Waals surface area contributed by atoms with Crippen molar-refractivity contribution in [3.63, 3.8) is 0 Å². The van der Waals surface area contributed by atoms with Crippen LogP contribution in [-0.2, 0) is 6.54 Å². The summed E-state index contributed by atoms with van der Waals surface area (Å²) in [5.41, 5.74) is 4.41. The molecule has 226 valence electrons. The van der Waals surface area contributed by atoms with Crippen molar-refractivity contribution in [3.8, 4) is 28.8 Å². The summed E-state index contributed by atoms with van der Waals surface area (Å²) in [4.78, 5) is 14.2. The Morgan fingerprint density at radius 3 is 2.55 bits per heavy atom. The van der Waals surface area contributed by atoms with Crippen LogP contribution in [0.5, 0.6) is 11.6 Å². The average molecular weight is 591 g/mol. The van der Waals surface area contributed by atoms with E-state index < -0.39 is 0 Å². The summed E-state index contributed by atoms with van der Waals surface area (Å²) in [6.07, 6.45) is 12.3. The number of nitrogens with one attached hydrogen (secondary N) is 1. The Balaban J connectivity index is 0.950. The molecule has 4 atom stereocenters. The van der Waals surface area contributed by atoms with Gasteiger partial charge in [-0.3, -0.25) is 4.90 Å². The van der Waals surface area contributed by atoms with Gasteiger partial charge in [0, 0.05) is 61.3 Å². The standard InChI is InChI=1S/C34H38N8O2/c1-43-33-5-2-23(13-38-33)18-41-28-10-29(41)20-40(19-28)32-4-3-24(16-37-32)31-11-30(21-42-34(31)27(12-35)17-39-42)44-7-6-22-8-25-14-36-15-26(25)9-22/h2-5,11,13,16-17,21-22,25-26,28-29,36H,6-10,14-15,18-20H2,1H3. The van der Waals surface area contributed by atoms with Crippen LogP contribution in [0.4, 0.5) is 5.82 Å². The monoisotopic (exact) mass is 590 g/mol. The molecule has 0 amide bonds. The van der Waals surface area contributed by atoms with E-state index in [-0.39, 0.29) is 0 Å². The molecule has 10 heteroatoms. The molecule has 0 radical (unpaired) electrons. The second-order valence-electron chi connectivity index (χ2n) is 12.9. The lowest BCUT2D eigenvalue weighted by atomic mass is 9.87. The molecule has 4 aliphatic heterocycles. The minimum Gasteiger partial charge on any atom is -0.492 e. The van der Waals surface area contributed by atoms with E-state index in [1.165, 1.54) is 37.9 Å². The molecule has 4 aromatic rings.